The lowest BCUT2D eigenvalue weighted by molar-refractivity contribution is 0.0730. The number of fused-ring (bicyclic) bond motifs is 2. The van der Waals surface area contributed by atoms with Crippen molar-refractivity contribution in [2.75, 3.05) is 6.54 Å². The zero-order valence-electron chi connectivity index (χ0n) is 20.5. The first kappa shape index (κ1) is 24.2. The summed E-state index contributed by atoms with van der Waals surface area (Å²) in [5.41, 5.74) is 3.55. The first-order valence-electron chi connectivity index (χ1n) is 12.5. The molecule has 0 bridgehead atoms. The smallest absolute Gasteiger partial charge is 0.290 e. The highest BCUT2D eigenvalue weighted by atomic mass is 79.9. The number of nitrogens with zero attached hydrogens (tertiary/aromatic N) is 1. The molecule has 0 saturated heterocycles. The van der Waals surface area contributed by atoms with Gasteiger partial charge in [-0.25, -0.2) is 0 Å². The van der Waals surface area contributed by atoms with Gasteiger partial charge in [0.2, 0.25) is 5.76 Å². The van der Waals surface area contributed by atoms with Gasteiger partial charge >= 0.3 is 0 Å². The van der Waals surface area contributed by atoms with Crippen LogP contribution in [0.25, 0.3) is 11.0 Å². The van der Waals surface area contributed by atoms with Gasteiger partial charge in [0.25, 0.3) is 5.91 Å². The molecule has 4 aromatic carbocycles. The highest BCUT2D eigenvalue weighted by Crippen LogP contribution is 2.39. The van der Waals surface area contributed by atoms with Crippen molar-refractivity contribution in [3.8, 4) is 5.75 Å². The Morgan fingerprint density at radius 2 is 1.55 bits per heavy atom. The highest BCUT2D eigenvalue weighted by Gasteiger charge is 2.42. The van der Waals surface area contributed by atoms with Crippen molar-refractivity contribution in [2.24, 2.45) is 0 Å². The maximum atomic E-state index is 13.8. The van der Waals surface area contributed by atoms with E-state index in [1.54, 1.807) is 23.1 Å². The second-order valence-electron chi connectivity index (χ2n) is 9.30. The van der Waals surface area contributed by atoms with Crippen molar-refractivity contribution in [2.45, 2.75) is 19.1 Å². The molecule has 1 amide bonds. The Kier molecular flexibility index (Phi) is 6.56. The minimum Gasteiger partial charge on any atom is -0.489 e. The third-order valence-electron chi connectivity index (χ3n) is 6.83. The molecule has 5 nitrogen and oxygen atoms in total. The van der Waals surface area contributed by atoms with E-state index in [2.05, 4.69) is 15.9 Å². The maximum Gasteiger partial charge on any atom is 0.290 e. The molecule has 0 saturated carbocycles. The topological polar surface area (TPSA) is 59.8 Å². The van der Waals surface area contributed by atoms with Crippen molar-refractivity contribution in [1.29, 1.82) is 0 Å². The van der Waals surface area contributed by atoms with Gasteiger partial charge in [0.05, 0.1) is 17.0 Å². The van der Waals surface area contributed by atoms with E-state index in [4.69, 9.17) is 9.15 Å². The van der Waals surface area contributed by atoms with E-state index in [1.807, 2.05) is 84.9 Å². The van der Waals surface area contributed by atoms with Crippen molar-refractivity contribution in [1.82, 2.24) is 4.90 Å². The Balaban J connectivity index is 1.41. The Labute approximate surface area is 228 Å². The molecule has 0 N–H and O–H groups in total. The summed E-state index contributed by atoms with van der Waals surface area (Å²) in [7, 11) is 0. The number of amides is 1. The molecule has 0 fully saturated rings. The van der Waals surface area contributed by atoms with Crippen LogP contribution in [0.15, 0.2) is 117 Å². The number of benzene rings is 4. The molecule has 1 aliphatic rings. The van der Waals surface area contributed by atoms with E-state index in [0.29, 0.717) is 41.9 Å². The fraction of sp³-hybridized carbons (Fsp3) is 0.125. The minimum absolute atomic E-state index is 0.110. The fourth-order valence-corrected chi connectivity index (χ4v) is 5.34. The van der Waals surface area contributed by atoms with Crippen molar-refractivity contribution < 1.29 is 13.9 Å². The molecule has 1 aliphatic heterocycles. The van der Waals surface area contributed by atoms with Gasteiger partial charge in [-0.2, -0.15) is 0 Å². The van der Waals surface area contributed by atoms with E-state index in [9.17, 15) is 9.59 Å². The largest absolute Gasteiger partial charge is 0.489 e. The monoisotopic (exact) mass is 565 g/mol. The third kappa shape index (κ3) is 4.63. The molecule has 6 heteroatoms. The van der Waals surface area contributed by atoms with E-state index in [-0.39, 0.29) is 17.1 Å². The Morgan fingerprint density at radius 3 is 2.32 bits per heavy atom. The van der Waals surface area contributed by atoms with Crippen LogP contribution in [0.1, 0.15) is 38.9 Å². The average molecular weight is 566 g/mol. The second-order valence-corrected chi connectivity index (χ2v) is 10.2. The second kappa shape index (κ2) is 10.3. The lowest BCUT2D eigenvalue weighted by Crippen LogP contribution is -2.31. The van der Waals surface area contributed by atoms with Crippen molar-refractivity contribution in [3.05, 3.63) is 146 Å². The standard InChI is InChI=1S/C32H24BrNO4/c33-24-14-15-27-26(19-24)30(35)28-29(23-12-7-13-25(18-23)37-20-22-10-5-2-6-11-22)34(32(36)31(28)38-27)17-16-21-8-3-1-4-9-21/h1-15,18-19,29H,16-17,20H2. The lowest BCUT2D eigenvalue weighted by Gasteiger charge is -2.25. The molecule has 0 radical (unpaired) electrons. The van der Waals surface area contributed by atoms with Crippen LogP contribution >= 0.6 is 15.9 Å². The Morgan fingerprint density at radius 1 is 0.816 bits per heavy atom. The van der Waals surface area contributed by atoms with Gasteiger partial charge in [-0.1, -0.05) is 88.7 Å². The van der Waals surface area contributed by atoms with Gasteiger partial charge in [0.15, 0.2) is 5.43 Å². The number of rotatable bonds is 7. The number of carbonyl (C=O) groups excluding carboxylic acids is 1. The summed E-state index contributed by atoms with van der Waals surface area (Å²) in [6.07, 6.45) is 0.653. The molecule has 1 unspecified atom stereocenters. The summed E-state index contributed by atoms with van der Waals surface area (Å²) < 4.78 is 12.9. The summed E-state index contributed by atoms with van der Waals surface area (Å²) >= 11 is 3.45. The summed E-state index contributed by atoms with van der Waals surface area (Å²) in [6.45, 7) is 0.856. The third-order valence-corrected chi connectivity index (χ3v) is 7.33. The minimum atomic E-state index is -0.582. The van der Waals surface area contributed by atoms with Crippen LogP contribution in [0.4, 0.5) is 0 Å². The van der Waals surface area contributed by atoms with Crippen LogP contribution in [0, 0.1) is 0 Å². The molecule has 38 heavy (non-hydrogen) atoms. The van der Waals surface area contributed by atoms with E-state index in [1.165, 1.54) is 0 Å². The molecule has 1 atom stereocenters. The predicted molar refractivity (Wildman–Crippen MR) is 150 cm³/mol. The number of carbonyl (C=O) groups is 1. The molecule has 2 heterocycles. The average Bonchev–Trinajstić information content (AvgIpc) is 3.24. The number of hydrogen-bond acceptors (Lipinski definition) is 4. The van der Waals surface area contributed by atoms with Crippen LogP contribution in [0.5, 0.6) is 5.75 Å². The molecule has 0 aliphatic carbocycles. The molecule has 6 rings (SSSR count). The molecular weight excluding hydrogens is 542 g/mol. The summed E-state index contributed by atoms with van der Waals surface area (Å²) in [5.74, 6) is 0.500. The first-order valence-corrected chi connectivity index (χ1v) is 13.3. The summed E-state index contributed by atoms with van der Waals surface area (Å²) in [4.78, 5) is 29.3. The number of ether oxygens (including phenoxy) is 1. The van der Waals surface area contributed by atoms with E-state index >= 15 is 0 Å². The summed E-state index contributed by atoms with van der Waals surface area (Å²) in [6, 6.07) is 32.3. The normalized spacial score (nSPS) is 14.6. The maximum absolute atomic E-state index is 13.8. The predicted octanol–water partition coefficient (Wildman–Crippen LogP) is 6.92. The van der Waals surface area contributed by atoms with Crippen LogP contribution < -0.4 is 10.2 Å². The molecule has 1 aromatic heterocycles. The van der Waals surface area contributed by atoms with Gasteiger partial charge in [0, 0.05) is 11.0 Å². The molecular formula is C32H24BrNO4. The van der Waals surface area contributed by atoms with Crippen molar-refractivity contribution in [3.63, 3.8) is 0 Å². The van der Waals surface area contributed by atoms with Crippen LogP contribution in [-0.4, -0.2) is 17.4 Å². The van der Waals surface area contributed by atoms with E-state index in [0.717, 1.165) is 21.2 Å². The Bertz CT molecular complexity index is 1680. The van der Waals surface area contributed by atoms with Crippen LogP contribution in [0.2, 0.25) is 0 Å². The van der Waals surface area contributed by atoms with E-state index < -0.39 is 6.04 Å². The summed E-state index contributed by atoms with van der Waals surface area (Å²) in [5, 5.41) is 0.442. The van der Waals surface area contributed by atoms with Crippen LogP contribution in [-0.2, 0) is 13.0 Å². The number of halogens is 1. The molecule has 0 spiro atoms. The first-order chi connectivity index (χ1) is 18.6. The van der Waals surface area contributed by atoms with Gasteiger partial charge < -0.3 is 14.1 Å². The van der Waals surface area contributed by atoms with Crippen LogP contribution in [0.3, 0.4) is 0 Å². The van der Waals surface area contributed by atoms with Gasteiger partial charge in [-0.15, -0.1) is 0 Å². The van der Waals surface area contributed by atoms with Crippen molar-refractivity contribution >= 4 is 32.8 Å². The molecule has 188 valence electrons. The zero-order chi connectivity index (χ0) is 26.1. The van der Waals surface area contributed by atoms with Gasteiger partial charge in [0.1, 0.15) is 17.9 Å². The SMILES string of the molecule is O=C1c2oc3ccc(Br)cc3c(=O)c2C(c2cccc(OCc3ccccc3)c2)N1CCc1ccccc1. The van der Waals surface area contributed by atoms with Gasteiger partial charge in [-0.3, -0.25) is 9.59 Å². The lowest BCUT2D eigenvalue weighted by atomic mass is 9.98. The Hall–Kier alpha value is -4.16. The molecule has 5 aromatic rings. The highest BCUT2D eigenvalue weighted by molar-refractivity contribution is 9.10. The zero-order valence-corrected chi connectivity index (χ0v) is 22.1. The quantitative estimate of drug-likeness (QED) is 0.215. The fourth-order valence-electron chi connectivity index (χ4n) is 4.98. The van der Waals surface area contributed by atoms with Gasteiger partial charge in [-0.05, 0) is 53.4 Å². The number of hydrogen-bond donors (Lipinski definition) is 0.